The van der Waals surface area contributed by atoms with Gasteiger partial charge < -0.3 is 19.7 Å². The smallest absolute Gasteiger partial charge is 0.258 e. The molecule has 2 aliphatic heterocycles. The third-order valence-electron chi connectivity index (χ3n) is 6.11. The minimum Gasteiger partial charge on any atom is -0.494 e. The molecule has 2 aromatic carbocycles. The maximum absolute atomic E-state index is 13.5. The zero-order valence-electron chi connectivity index (χ0n) is 18.2. The first-order chi connectivity index (χ1) is 14.5. The van der Waals surface area contributed by atoms with Crippen molar-refractivity contribution in [3.63, 3.8) is 0 Å². The van der Waals surface area contributed by atoms with Crippen LogP contribution in [-0.4, -0.2) is 36.7 Å². The van der Waals surface area contributed by atoms with Gasteiger partial charge >= 0.3 is 0 Å². The largest absolute Gasteiger partial charge is 0.494 e. The van der Waals surface area contributed by atoms with Gasteiger partial charge in [0.15, 0.2) is 0 Å². The Hall–Kier alpha value is -2.53. The van der Waals surface area contributed by atoms with Crippen molar-refractivity contribution in [1.29, 1.82) is 0 Å². The average Bonchev–Trinajstić information content (AvgIpc) is 3.25. The fourth-order valence-corrected chi connectivity index (χ4v) is 4.23. The second-order valence-electron chi connectivity index (χ2n) is 8.85. The van der Waals surface area contributed by atoms with E-state index in [1.165, 1.54) is 0 Å². The summed E-state index contributed by atoms with van der Waals surface area (Å²) in [4.78, 5) is 15.4. The number of hydrogen-bond donors (Lipinski definition) is 1. The Morgan fingerprint density at radius 2 is 1.97 bits per heavy atom. The molecule has 0 bridgehead atoms. The number of fused-ring (bicyclic) bond motifs is 1. The predicted molar refractivity (Wildman–Crippen MR) is 119 cm³/mol. The number of nitrogens with one attached hydrogen (secondary N) is 1. The van der Waals surface area contributed by atoms with E-state index >= 15 is 0 Å². The summed E-state index contributed by atoms with van der Waals surface area (Å²) < 4.78 is 11.7. The zero-order valence-corrected chi connectivity index (χ0v) is 18.2. The van der Waals surface area contributed by atoms with Gasteiger partial charge in [-0.05, 0) is 61.9 Å². The first-order valence-electron chi connectivity index (χ1n) is 11.0. The first-order valence-corrected chi connectivity index (χ1v) is 11.0. The van der Waals surface area contributed by atoms with E-state index in [1.807, 2.05) is 41.3 Å². The molecule has 0 aromatic heterocycles. The summed E-state index contributed by atoms with van der Waals surface area (Å²) in [6.45, 7) is 8.52. The minimum atomic E-state index is -0.659. The van der Waals surface area contributed by atoms with Crippen molar-refractivity contribution in [1.82, 2.24) is 4.90 Å². The van der Waals surface area contributed by atoms with Gasteiger partial charge in [-0.15, -0.1) is 0 Å². The molecule has 4 rings (SSSR count). The molecule has 1 fully saturated rings. The molecule has 0 spiro atoms. The Kier molecular flexibility index (Phi) is 6.00. The first kappa shape index (κ1) is 20.7. The Morgan fingerprint density at radius 3 is 2.67 bits per heavy atom. The molecule has 160 valence electrons. The number of anilines is 1. The van der Waals surface area contributed by atoms with Gasteiger partial charge in [-0.3, -0.25) is 4.79 Å². The van der Waals surface area contributed by atoms with E-state index in [4.69, 9.17) is 9.47 Å². The lowest BCUT2D eigenvalue weighted by molar-refractivity contribution is 0.0242. The van der Waals surface area contributed by atoms with Gasteiger partial charge in [0.25, 0.3) is 5.91 Å². The number of hydrogen-bond acceptors (Lipinski definition) is 4. The molecule has 2 atom stereocenters. The molecule has 2 aliphatic rings. The molecule has 1 amide bonds. The van der Waals surface area contributed by atoms with Gasteiger partial charge in [-0.25, -0.2) is 0 Å². The summed E-state index contributed by atoms with van der Waals surface area (Å²) >= 11 is 0. The lowest BCUT2D eigenvalue weighted by Gasteiger charge is -2.47. The van der Waals surface area contributed by atoms with Crippen molar-refractivity contribution in [3.05, 3.63) is 59.7 Å². The quantitative estimate of drug-likeness (QED) is 0.698. The lowest BCUT2D eigenvalue weighted by atomic mass is 9.93. The van der Waals surface area contributed by atoms with Gasteiger partial charge in [0.1, 0.15) is 11.4 Å². The van der Waals surface area contributed by atoms with Crippen LogP contribution in [0.4, 0.5) is 5.69 Å². The molecule has 30 heavy (non-hydrogen) atoms. The fourth-order valence-electron chi connectivity index (χ4n) is 4.23. The summed E-state index contributed by atoms with van der Waals surface area (Å²) in [5, 5.41) is 3.63. The number of nitrogens with zero attached hydrogens (tertiary/aromatic N) is 1. The highest BCUT2D eigenvalue weighted by atomic mass is 16.5. The van der Waals surface area contributed by atoms with Crippen LogP contribution in [0.25, 0.3) is 0 Å². The van der Waals surface area contributed by atoms with E-state index in [0.29, 0.717) is 24.6 Å². The van der Waals surface area contributed by atoms with Crippen molar-refractivity contribution in [2.75, 3.05) is 25.1 Å². The van der Waals surface area contributed by atoms with E-state index in [-0.39, 0.29) is 12.0 Å². The average molecular weight is 409 g/mol. The van der Waals surface area contributed by atoms with Crippen LogP contribution in [0.2, 0.25) is 0 Å². The maximum Gasteiger partial charge on any atom is 0.258 e. The van der Waals surface area contributed by atoms with E-state index in [2.05, 4.69) is 38.2 Å². The summed E-state index contributed by atoms with van der Waals surface area (Å²) in [5.74, 6) is 1.52. The second kappa shape index (κ2) is 8.68. The normalized spacial score (nSPS) is 23.4. The van der Waals surface area contributed by atoms with Crippen LogP contribution in [0, 0.1) is 5.92 Å². The Labute approximate surface area is 179 Å². The summed E-state index contributed by atoms with van der Waals surface area (Å²) in [7, 11) is 0. The number of benzene rings is 2. The summed E-state index contributed by atoms with van der Waals surface area (Å²) in [5.41, 5.74) is 1.94. The van der Waals surface area contributed by atoms with Gasteiger partial charge in [-0.2, -0.15) is 0 Å². The van der Waals surface area contributed by atoms with Crippen LogP contribution in [-0.2, 0) is 10.4 Å². The molecule has 2 aromatic rings. The third-order valence-corrected chi connectivity index (χ3v) is 6.11. The Morgan fingerprint density at radius 1 is 1.20 bits per heavy atom. The molecule has 2 unspecified atom stereocenters. The highest BCUT2D eigenvalue weighted by Gasteiger charge is 2.43. The Bertz CT molecular complexity index is 874. The number of para-hydroxylation sites is 1. The number of rotatable bonds is 7. The minimum absolute atomic E-state index is 0.0413. The van der Waals surface area contributed by atoms with E-state index in [9.17, 15) is 4.79 Å². The van der Waals surface area contributed by atoms with Gasteiger partial charge in [-0.1, -0.05) is 38.1 Å². The Balaban J connectivity index is 1.61. The molecule has 0 radical (unpaired) electrons. The van der Waals surface area contributed by atoms with Gasteiger partial charge in [0, 0.05) is 18.8 Å². The van der Waals surface area contributed by atoms with Crippen molar-refractivity contribution in [2.45, 2.75) is 51.8 Å². The topological polar surface area (TPSA) is 50.8 Å². The molecule has 1 saturated heterocycles. The molecular formula is C25H32N2O3. The monoisotopic (exact) mass is 408 g/mol. The van der Waals surface area contributed by atoms with Crippen LogP contribution in [0.3, 0.4) is 0 Å². The maximum atomic E-state index is 13.5. The number of ether oxygens (including phenoxy) is 2. The van der Waals surface area contributed by atoms with Crippen LogP contribution in [0.1, 0.15) is 56.0 Å². The molecule has 1 N–H and O–H groups in total. The summed E-state index contributed by atoms with van der Waals surface area (Å²) in [6.07, 6.45) is 3.15. The van der Waals surface area contributed by atoms with E-state index < -0.39 is 5.66 Å². The molecule has 5 nitrogen and oxygen atoms in total. The third kappa shape index (κ3) is 4.17. The van der Waals surface area contributed by atoms with Crippen LogP contribution < -0.4 is 10.1 Å². The molecule has 5 heteroatoms. The van der Waals surface area contributed by atoms with Crippen LogP contribution >= 0.6 is 0 Å². The zero-order chi connectivity index (χ0) is 21.1. The van der Waals surface area contributed by atoms with Crippen LogP contribution in [0.5, 0.6) is 5.75 Å². The van der Waals surface area contributed by atoms with Crippen LogP contribution in [0.15, 0.2) is 48.5 Å². The number of carbonyl (C=O) groups is 1. The highest BCUT2D eigenvalue weighted by molar-refractivity contribution is 6.02. The van der Waals surface area contributed by atoms with Crippen molar-refractivity contribution in [2.24, 2.45) is 5.92 Å². The van der Waals surface area contributed by atoms with Crippen molar-refractivity contribution in [3.8, 4) is 5.75 Å². The second-order valence-corrected chi connectivity index (χ2v) is 8.85. The van der Waals surface area contributed by atoms with E-state index in [0.717, 1.165) is 42.9 Å². The standard InChI is InChI=1S/C25H32N2O3/c1-18(2)14-16-30-20-12-10-19(11-13-20)25(3)26-23-9-5-4-8-22(23)24(28)27(25)17-21-7-6-15-29-21/h4-5,8-13,18,21,26H,6-7,14-17H2,1-3H3. The SMILES string of the molecule is CC(C)CCOc1ccc(C2(C)Nc3ccccc3C(=O)N2CC2CCCO2)cc1. The van der Waals surface area contributed by atoms with Gasteiger partial charge in [0.2, 0.25) is 0 Å². The molecule has 2 heterocycles. The van der Waals surface area contributed by atoms with Crippen molar-refractivity contribution < 1.29 is 14.3 Å². The lowest BCUT2D eigenvalue weighted by Crippen LogP contribution is -2.57. The molecule has 0 saturated carbocycles. The van der Waals surface area contributed by atoms with Crippen molar-refractivity contribution >= 4 is 11.6 Å². The van der Waals surface area contributed by atoms with E-state index in [1.54, 1.807) is 0 Å². The molecular weight excluding hydrogens is 376 g/mol. The van der Waals surface area contributed by atoms with Gasteiger partial charge in [0.05, 0.1) is 18.3 Å². The molecule has 0 aliphatic carbocycles. The number of carbonyl (C=O) groups excluding carboxylic acids is 1. The predicted octanol–water partition coefficient (Wildman–Crippen LogP) is 5.03. The fraction of sp³-hybridized carbons (Fsp3) is 0.480. The number of amides is 1. The highest BCUT2D eigenvalue weighted by Crippen LogP contribution is 2.39. The summed E-state index contributed by atoms with van der Waals surface area (Å²) in [6, 6.07) is 15.8.